The van der Waals surface area contributed by atoms with Gasteiger partial charge in [-0.05, 0) is 31.5 Å². The average molecular weight is 275 g/mol. The number of rotatable bonds is 6. The van der Waals surface area contributed by atoms with Gasteiger partial charge >= 0.3 is 0 Å². The quantitative estimate of drug-likeness (QED) is 0.614. The van der Waals surface area contributed by atoms with E-state index in [4.69, 9.17) is 10.6 Å². The van der Waals surface area contributed by atoms with Gasteiger partial charge in [0.2, 0.25) is 0 Å². The van der Waals surface area contributed by atoms with Gasteiger partial charge in [0.15, 0.2) is 0 Å². The molecule has 6 nitrogen and oxygen atoms in total. The van der Waals surface area contributed by atoms with Crippen LogP contribution in [0.4, 0.5) is 0 Å². The molecule has 0 amide bonds. The summed E-state index contributed by atoms with van der Waals surface area (Å²) in [4.78, 5) is 0. The molecule has 2 aromatic rings. The van der Waals surface area contributed by atoms with E-state index in [0.29, 0.717) is 6.42 Å². The number of nitrogens with one attached hydrogen (secondary N) is 1. The number of hydrogen-bond acceptors (Lipinski definition) is 5. The predicted molar refractivity (Wildman–Crippen MR) is 77.0 cm³/mol. The zero-order valence-electron chi connectivity index (χ0n) is 12.1. The third kappa shape index (κ3) is 3.79. The van der Waals surface area contributed by atoms with Crippen molar-refractivity contribution in [3.05, 3.63) is 41.7 Å². The molecule has 0 saturated carbocycles. The lowest BCUT2D eigenvalue weighted by atomic mass is 10.0. The van der Waals surface area contributed by atoms with Gasteiger partial charge in [-0.25, -0.2) is 0 Å². The van der Waals surface area contributed by atoms with Gasteiger partial charge in [-0.2, -0.15) is 0 Å². The fraction of sp³-hybridized carbons (Fsp3) is 0.429. The number of ether oxygens (including phenoxy) is 1. The highest BCUT2D eigenvalue weighted by Crippen LogP contribution is 2.22. The summed E-state index contributed by atoms with van der Waals surface area (Å²) >= 11 is 0. The Hall–Kier alpha value is -1.92. The van der Waals surface area contributed by atoms with Gasteiger partial charge in [-0.15, -0.1) is 5.10 Å². The van der Waals surface area contributed by atoms with E-state index in [1.54, 1.807) is 4.68 Å². The molecule has 0 radical (unpaired) electrons. The topological polar surface area (TPSA) is 78.0 Å². The number of nitrogens with zero attached hydrogens (tertiary/aromatic N) is 3. The van der Waals surface area contributed by atoms with E-state index < -0.39 is 0 Å². The number of hydrazine groups is 1. The highest BCUT2D eigenvalue weighted by atomic mass is 16.5. The maximum Gasteiger partial charge on any atom is 0.120 e. The van der Waals surface area contributed by atoms with Crippen molar-refractivity contribution < 1.29 is 4.74 Å². The van der Waals surface area contributed by atoms with Crippen LogP contribution in [0.3, 0.4) is 0 Å². The van der Waals surface area contributed by atoms with Crippen LogP contribution in [0.1, 0.15) is 31.1 Å². The third-order valence-electron chi connectivity index (χ3n) is 2.90. The molecule has 0 aliphatic carbocycles. The van der Waals surface area contributed by atoms with Crippen LogP contribution in [0, 0.1) is 0 Å². The number of nitrogens with two attached hydrogens (primary N) is 1. The molecule has 2 rings (SSSR count). The minimum atomic E-state index is -0.0255. The number of benzene rings is 1. The predicted octanol–water partition coefficient (Wildman–Crippen LogP) is 1.35. The number of hydrogen-bond donors (Lipinski definition) is 2. The van der Waals surface area contributed by atoms with Crippen LogP contribution in [0.2, 0.25) is 0 Å². The molecule has 1 unspecified atom stereocenters. The lowest BCUT2D eigenvalue weighted by Crippen LogP contribution is -2.29. The Balaban J connectivity index is 2.14. The van der Waals surface area contributed by atoms with Gasteiger partial charge in [-0.3, -0.25) is 16.0 Å². The minimum absolute atomic E-state index is 0.0255. The summed E-state index contributed by atoms with van der Waals surface area (Å²) in [6.07, 6.45) is 2.71. The van der Waals surface area contributed by atoms with Crippen LogP contribution < -0.4 is 16.0 Å². The summed E-state index contributed by atoms with van der Waals surface area (Å²) in [7, 11) is 1.85. The van der Waals surface area contributed by atoms with Gasteiger partial charge in [0.1, 0.15) is 5.75 Å². The highest BCUT2D eigenvalue weighted by molar-refractivity contribution is 5.31. The first kappa shape index (κ1) is 14.5. The number of aromatic nitrogens is 3. The van der Waals surface area contributed by atoms with Gasteiger partial charge in [0.25, 0.3) is 0 Å². The number of aryl methyl sites for hydroxylation is 1. The standard InChI is InChI=1S/C14H21N5O/c1-10(2)20-13-6-4-5-11(7-13)14(16-15)8-12-9-19(3)18-17-12/h4-7,9-10,14,16H,8,15H2,1-3H3. The first-order valence-corrected chi connectivity index (χ1v) is 6.66. The van der Waals surface area contributed by atoms with Crippen molar-refractivity contribution in [2.45, 2.75) is 32.4 Å². The molecule has 1 aromatic carbocycles. The molecule has 1 heterocycles. The van der Waals surface area contributed by atoms with E-state index in [2.05, 4.69) is 15.7 Å². The van der Waals surface area contributed by atoms with E-state index in [9.17, 15) is 0 Å². The summed E-state index contributed by atoms with van der Waals surface area (Å²) in [6.45, 7) is 4.01. The molecule has 108 valence electrons. The molecule has 0 bridgehead atoms. The Labute approximate surface area is 118 Å². The molecule has 0 aliphatic rings. The Bertz CT molecular complexity index is 552. The smallest absolute Gasteiger partial charge is 0.120 e. The minimum Gasteiger partial charge on any atom is -0.491 e. The molecule has 6 heteroatoms. The Morgan fingerprint density at radius 2 is 2.20 bits per heavy atom. The normalized spacial score (nSPS) is 12.7. The average Bonchev–Trinajstić information content (AvgIpc) is 2.81. The Morgan fingerprint density at radius 1 is 1.40 bits per heavy atom. The molecule has 0 saturated heterocycles. The maximum absolute atomic E-state index is 5.70. The first-order chi connectivity index (χ1) is 9.58. The van der Waals surface area contributed by atoms with Crippen molar-refractivity contribution >= 4 is 0 Å². The van der Waals surface area contributed by atoms with Crippen molar-refractivity contribution in [3.63, 3.8) is 0 Å². The molecule has 0 fully saturated rings. The Morgan fingerprint density at radius 3 is 2.80 bits per heavy atom. The van der Waals surface area contributed by atoms with Crippen LogP contribution in [0.25, 0.3) is 0 Å². The van der Waals surface area contributed by atoms with E-state index in [0.717, 1.165) is 17.0 Å². The van der Waals surface area contributed by atoms with E-state index in [1.807, 2.05) is 51.4 Å². The maximum atomic E-state index is 5.70. The largest absolute Gasteiger partial charge is 0.491 e. The summed E-state index contributed by atoms with van der Waals surface area (Å²) in [5, 5.41) is 8.01. The second-order valence-electron chi connectivity index (χ2n) is 5.05. The lowest BCUT2D eigenvalue weighted by molar-refractivity contribution is 0.242. The summed E-state index contributed by atoms with van der Waals surface area (Å²) in [5.41, 5.74) is 4.78. The zero-order valence-corrected chi connectivity index (χ0v) is 12.1. The van der Waals surface area contributed by atoms with Crippen molar-refractivity contribution in [1.29, 1.82) is 0 Å². The Kier molecular flexibility index (Phi) is 4.70. The van der Waals surface area contributed by atoms with Crippen molar-refractivity contribution in [3.8, 4) is 5.75 Å². The van der Waals surface area contributed by atoms with E-state index >= 15 is 0 Å². The van der Waals surface area contributed by atoms with Crippen molar-refractivity contribution in [2.24, 2.45) is 12.9 Å². The highest BCUT2D eigenvalue weighted by Gasteiger charge is 2.13. The fourth-order valence-electron chi connectivity index (χ4n) is 2.05. The van der Waals surface area contributed by atoms with Crippen LogP contribution >= 0.6 is 0 Å². The van der Waals surface area contributed by atoms with Crippen molar-refractivity contribution in [2.75, 3.05) is 0 Å². The second kappa shape index (κ2) is 6.49. The molecule has 1 atom stereocenters. The van der Waals surface area contributed by atoms with Gasteiger partial charge < -0.3 is 4.74 Å². The van der Waals surface area contributed by atoms with Gasteiger partial charge in [0.05, 0.1) is 17.8 Å². The molecule has 0 spiro atoms. The van der Waals surface area contributed by atoms with Crippen molar-refractivity contribution in [1.82, 2.24) is 20.4 Å². The molecule has 1 aromatic heterocycles. The third-order valence-corrected chi connectivity index (χ3v) is 2.90. The fourth-order valence-corrected chi connectivity index (χ4v) is 2.05. The van der Waals surface area contributed by atoms with Crippen LogP contribution in [0.15, 0.2) is 30.5 Å². The van der Waals surface area contributed by atoms with Gasteiger partial charge in [0, 0.05) is 19.7 Å². The molecular weight excluding hydrogens is 254 g/mol. The summed E-state index contributed by atoms with van der Waals surface area (Å²) in [5.74, 6) is 6.51. The van der Waals surface area contributed by atoms with E-state index in [-0.39, 0.29) is 12.1 Å². The first-order valence-electron chi connectivity index (χ1n) is 6.66. The molecule has 3 N–H and O–H groups in total. The monoisotopic (exact) mass is 275 g/mol. The van der Waals surface area contributed by atoms with E-state index in [1.165, 1.54) is 0 Å². The van der Waals surface area contributed by atoms with Crippen LogP contribution in [0.5, 0.6) is 5.75 Å². The van der Waals surface area contributed by atoms with Crippen LogP contribution in [-0.4, -0.2) is 21.1 Å². The van der Waals surface area contributed by atoms with Crippen LogP contribution in [-0.2, 0) is 13.5 Å². The SMILES string of the molecule is CC(C)Oc1cccc(C(Cc2cn(C)nn2)NN)c1. The van der Waals surface area contributed by atoms with Gasteiger partial charge in [-0.1, -0.05) is 17.3 Å². The molecule has 0 aliphatic heterocycles. The summed E-state index contributed by atoms with van der Waals surface area (Å²) in [6, 6.07) is 7.91. The summed E-state index contributed by atoms with van der Waals surface area (Å²) < 4.78 is 7.38. The second-order valence-corrected chi connectivity index (χ2v) is 5.05. The lowest BCUT2D eigenvalue weighted by Gasteiger charge is -2.17. The zero-order chi connectivity index (χ0) is 14.5. The molecular formula is C14H21N5O. The molecule has 20 heavy (non-hydrogen) atoms.